The van der Waals surface area contributed by atoms with E-state index in [0.29, 0.717) is 18.1 Å². The zero-order valence-corrected chi connectivity index (χ0v) is 17.4. The summed E-state index contributed by atoms with van der Waals surface area (Å²) >= 11 is 1.56. The van der Waals surface area contributed by atoms with Gasteiger partial charge < -0.3 is 10.0 Å². The fourth-order valence-electron chi connectivity index (χ4n) is 4.16. The van der Waals surface area contributed by atoms with Gasteiger partial charge in [0.25, 0.3) is 0 Å². The lowest BCUT2D eigenvalue weighted by Crippen LogP contribution is -2.43. The van der Waals surface area contributed by atoms with E-state index in [1.807, 2.05) is 0 Å². The van der Waals surface area contributed by atoms with E-state index in [9.17, 15) is 14.7 Å². The molecule has 2 unspecified atom stereocenters. The third kappa shape index (κ3) is 4.68. The number of thioether (sulfide) groups is 1. The van der Waals surface area contributed by atoms with Gasteiger partial charge in [-0.2, -0.15) is 0 Å². The summed E-state index contributed by atoms with van der Waals surface area (Å²) in [7, 11) is 0. The molecule has 5 heteroatoms. The molecule has 3 rings (SSSR count). The van der Waals surface area contributed by atoms with Gasteiger partial charge in [0.2, 0.25) is 5.91 Å². The molecule has 1 N–H and O–H groups in total. The van der Waals surface area contributed by atoms with Crippen molar-refractivity contribution >= 4 is 23.6 Å². The van der Waals surface area contributed by atoms with Crippen molar-refractivity contribution in [1.82, 2.24) is 4.90 Å². The van der Waals surface area contributed by atoms with Gasteiger partial charge in [-0.1, -0.05) is 70.7 Å². The van der Waals surface area contributed by atoms with E-state index in [-0.39, 0.29) is 16.7 Å². The number of aliphatic carboxylic acids is 1. The van der Waals surface area contributed by atoms with Gasteiger partial charge in [-0.3, -0.25) is 4.79 Å². The van der Waals surface area contributed by atoms with E-state index in [1.54, 1.807) is 16.7 Å². The summed E-state index contributed by atoms with van der Waals surface area (Å²) in [5.41, 5.74) is 2.33. The van der Waals surface area contributed by atoms with Crippen molar-refractivity contribution in [3.63, 3.8) is 0 Å². The molecule has 2 aliphatic rings. The van der Waals surface area contributed by atoms with Crippen molar-refractivity contribution in [3.05, 3.63) is 35.4 Å². The second-order valence-electron chi connectivity index (χ2n) is 8.90. The summed E-state index contributed by atoms with van der Waals surface area (Å²) in [5.74, 6) is 0.183. The number of hydrogen-bond acceptors (Lipinski definition) is 3. The first-order chi connectivity index (χ1) is 12.8. The molecule has 2 atom stereocenters. The van der Waals surface area contributed by atoms with E-state index in [2.05, 4.69) is 45.0 Å². The fourth-order valence-corrected chi connectivity index (χ4v) is 5.60. The molecule has 1 amide bonds. The molecule has 1 aromatic rings. The molecule has 148 valence electrons. The molecule has 1 aliphatic heterocycles. The molecule has 0 radical (unpaired) electrons. The molecule has 4 nitrogen and oxygen atoms in total. The van der Waals surface area contributed by atoms with Crippen LogP contribution in [0.1, 0.15) is 75.8 Å². The number of nitrogens with zero attached hydrogens (tertiary/aromatic N) is 1. The average molecular weight is 390 g/mol. The fraction of sp³-hybridized carbons (Fsp3) is 0.636. The molecule has 1 aromatic carbocycles. The van der Waals surface area contributed by atoms with Crippen LogP contribution in [0.15, 0.2) is 24.3 Å². The maximum Gasteiger partial charge on any atom is 0.327 e. The SMILES string of the molecule is CC(C)(C)c1ccc(C2SCC(C(=O)O)N2C(=O)CCC2CCCC2)cc1. The number of hydrogen-bond donors (Lipinski definition) is 1. The van der Waals surface area contributed by atoms with Crippen LogP contribution in [0.4, 0.5) is 0 Å². The summed E-state index contributed by atoms with van der Waals surface area (Å²) in [6.07, 6.45) is 6.30. The van der Waals surface area contributed by atoms with Gasteiger partial charge in [0, 0.05) is 12.2 Å². The highest BCUT2D eigenvalue weighted by molar-refractivity contribution is 7.99. The quantitative estimate of drug-likeness (QED) is 0.771. The summed E-state index contributed by atoms with van der Waals surface area (Å²) in [5, 5.41) is 9.42. The first-order valence-electron chi connectivity index (χ1n) is 10.0. The van der Waals surface area contributed by atoms with Crippen molar-refractivity contribution < 1.29 is 14.7 Å². The Labute approximate surface area is 166 Å². The molecular weight excluding hydrogens is 358 g/mol. The predicted molar refractivity (Wildman–Crippen MR) is 110 cm³/mol. The van der Waals surface area contributed by atoms with Gasteiger partial charge in [-0.25, -0.2) is 4.79 Å². The molecule has 27 heavy (non-hydrogen) atoms. The van der Waals surface area contributed by atoms with Crippen LogP contribution in [0.3, 0.4) is 0 Å². The van der Waals surface area contributed by atoms with Crippen LogP contribution in [0.25, 0.3) is 0 Å². The molecule has 1 aliphatic carbocycles. The number of amides is 1. The van der Waals surface area contributed by atoms with Crippen molar-refractivity contribution in [3.8, 4) is 0 Å². The van der Waals surface area contributed by atoms with Gasteiger partial charge >= 0.3 is 5.97 Å². The second-order valence-corrected chi connectivity index (χ2v) is 10.0. The first kappa shape index (κ1) is 20.2. The summed E-state index contributed by atoms with van der Waals surface area (Å²) < 4.78 is 0. The van der Waals surface area contributed by atoms with E-state index >= 15 is 0 Å². The van der Waals surface area contributed by atoms with Gasteiger partial charge in [-0.05, 0) is 28.9 Å². The van der Waals surface area contributed by atoms with Gasteiger partial charge in [0.1, 0.15) is 11.4 Å². The lowest BCUT2D eigenvalue weighted by molar-refractivity contribution is -0.149. The van der Waals surface area contributed by atoms with Crippen LogP contribution in [0, 0.1) is 5.92 Å². The number of benzene rings is 1. The molecular formula is C22H31NO3S. The average Bonchev–Trinajstić information content (AvgIpc) is 3.28. The van der Waals surface area contributed by atoms with Gasteiger partial charge in [0.15, 0.2) is 0 Å². The Morgan fingerprint density at radius 1 is 1.15 bits per heavy atom. The van der Waals surface area contributed by atoms with Crippen molar-refractivity contribution in [2.45, 2.75) is 76.1 Å². The van der Waals surface area contributed by atoms with Crippen LogP contribution in [0.5, 0.6) is 0 Å². The lowest BCUT2D eigenvalue weighted by atomic mass is 9.86. The molecule has 0 bridgehead atoms. The second kappa shape index (κ2) is 8.26. The van der Waals surface area contributed by atoms with Crippen LogP contribution in [-0.2, 0) is 15.0 Å². The highest BCUT2D eigenvalue weighted by Crippen LogP contribution is 2.42. The van der Waals surface area contributed by atoms with Crippen molar-refractivity contribution in [2.75, 3.05) is 5.75 Å². The Balaban J connectivity index is 1.76. The Bertz CT molecular complexity index is 674. The zero-order valence-electron chi connectivity index (χ0n) is 16.6. The zero-order chi connectivity index (χ0) is 19.6. The van der Waals surface area contributed by atoms with Crippen molar-refractivity contribution in [2.24, 2.45) is 5.92 Å². The Morgan fingerprint density at radius 3 is 2.33 bits per heavy atom. The minimum atomic E-state index is -0.898. The van der Waals surface area contributed by atoms with Crippen LogP contribution < -0.4 is 0 Å². The Kier molecular flexibility index (Phi) is 6.19. The van der Waals surface area contributed by atoms with Crippen molar-refractivity contribution in [1.29, 1.82) is 0 Å². The molecule has 0 aromatic heterocycles. The Morgan fingerprint density at radius 2 is 1.78 bits per heavy atom. The van der Waals surface area contributed by atoms with E-state index < -0.39 is 12.0 Å². The molecule has 1 saturated carbocycles. The highest BCUT2D eigenvalue weighted by atomic mass is 32.2. The Hall–Kier alpha value is -1.49. The van der Waals surface area contributed by atoms with Crippen LogP contribution in [-0.4, -0.2) is 33.7 Å². The number of carboxylic acid groups (broad SMARTS) is 1. The van der Waals surface area contributed by atoms with Crippen LogP contribution >= 0.6 is 11.8 Å². The minimum Gasteiger partial charge on any atom is -0.480 e. The summed E-state index contributed by atoms with van der Waals surface area (Å²) in [6, 6.07) is 7.59. The first-order valence-corrected chi connectivity index (χ1v) is 11.1. The lowest BCUT2D eigenvalue weighted by Gasteiger charge is -2.29. The molecule has 2 fully saturated rings. The highest BCUT2D eigenvalue weighted by Gasteiger charge is 2.42. The largest absolute Gasteiger partial charge is 0.480 e. The third-order valence-corrected chi connectivity index (χ3v) is 7.20. The number of rotatable bonds is 5. The van der Waals surface area contributed by atoms with Gasteiger partial charge in [0.05, 0.1) is 0 Å². The topological polar surface area (TPSA) is 57.6 Å². The van der Waals surface area contributed by atoms with Crippen LogP contribution in [0.2, 0.25) is 0 Å². The normalized spacial score (nSPS) is 23.7. The predicted octanol–water partition coefficient (Wildman–Crippen LogP) is 4.98. The number of carbonyl (C=O) groups excluding carboxylic acids is 1. The van der Waals surface area contributed by atoms with E-state index in [1.165, 1.54) is 31.2 Å². The monoisotopic (exact) mass is 389 g/mol. The van der Waals surface area contributed by atoms with E-state index in [4.69, 9.17) is 0 Å². The molecule has 1 saturated heterocycles. The van der Waals surface area contributed by atoms with Gasteiger partial charge in [-0.15, -0.1) is 11.8 Å². The maximum atomic E-state index is 13.0. The number of carbonyl (C=O) groups is 2. The molecule has 1 heterocycles. The van der Waals surface area contributed by atoms with E-state index in [0.717, 1.165) is 12.0 Å². The number of carboxylic acids is 1. The third-order valence-electron chi connectivity index (χ3n) is 5.88. The summed E-state index contributed by atoms with van der Waals surface area (Å²) in [4.78, 5) is 26.3. The maximum absolute atomic E-state index is 13.0. The smallest absolute Gasteiger partial charge is 0.327 e. The minimum absolute atomic E-state index is 0.0100. The summed E-state index contributed by atoms with van der Waals surface area (Å²) in [6.45, 7) is 6.52. The standard InChI is InChI=1S/C22H31NO3S/c1-22(2,3)17-11-9-16(10-12-17)20-23(18(14-27-20)21(25)26)19(24)13-8-15-6-4-5-7-15/h9-12,15,18,20H,4-8,13-14H2,1-3H3,(H,25,26). The molecule has 0 spiro atoms.